The third-order valence-electron chi connectivity index (χ3n) is 12.2. The maximum atomic E-state index is 13.6. The maximum Gasteiger partial charge on any atom is 0.409 e. The quantitative estimate of drug-likeness (QED) is 0.290. The number of anilines is 1. The van der Waals surface area contributed by atoms with Crippen LogP contribution < -0.4 is 14.4 Å². The summed E-state index contributed by atoms with van der Waals surface area (Å²) in [6.07, 6.45) is 12.2. The lowest BCUT2D eigenvalue weighted by Crippen LogP contribution is -2.44. The minimum Gasteiger partial charge on any atom is -0.487 e. The van der Waals surface area contributed by atoms with E-state index >= 15 is 0 Å². The number of rotatable bonds is 6. The Bertz CT molecular complexity index is 1780. The number of halogens is 1. The van der Waals surface area contributed by atoms with Crippen molar-refractivity contribution in [1.82, 2.24) is 9.62 Å². The van der Waals surface area contributed by atoms with Crippen LogP contribution in [0.3, 0.4) is 0 Å². The lowest BCUT2D eigenvalue weighted by Gasteiger charge is -2.44. The Kier molecular flexibility index (Phi) is 14.1. The first-order chi connectivity index (χ1) is 26.4. The van der Waals surface area contributed by atoms with Crippen LogP contribution in [0.4, 0.5) is 10.5 Å². The van der Waals surface area contributed by atoms with Crippen LogP contribution >= 0.6 is 11.6 Å². The summed E-state index contributed by atoms with van der Waals surface area (Å²) in [5.41, 5.74) is 3.34. The van der Waals surface area contributed by atoms with Crippen LogP contribution in [0.2, 0.25) is 5.02 Å². The standard InChI is InChI=1S/C43H60ClN3O7S/c1-29(2)27-54-43(49)46-21-17-32(18-22-46)19-23-52-40-10-7-8-30(3)31(4)55(50,51)45-42(48)34-13-16-41-39(25-34)47(26-35-12-15-38(35)40)20-6-5-9-33-24-37(44)14-11-36(33)28-53-41/h7,10-11,13-14,16,24-25,29-32,35,38,40H,5-6,8-9,12,15,17-23,26-28H2,1-4H3,(H,45,48)/b10-7+/t30-,31+,35-,38+,40-/m0/s1. The van der Waals surface area contributed by atoms with E-state index in [1.807, 2.05) is 43.9 Å². The molecule has 1 saturated carbocycles. The molecule has 0 unspecified atom stereocenters. The zero-order valence-electron chi connectivity index (χ0n) is 33.0. The van der Waals surface area contributed by atoms with Gasteiger partial charge in [-0.2, -0.15) is 0 Å². The van der Waals surface area contributed by atoms with Crippen LogP contribution in [-0.2, 0) is 32.5 Å². The average molecular weight is 798 g/mol. The van der Waals surface area contributed by atoms with E-state index in [0.29, 0.717) is 73.8 Å². The van der Waals surface area contributed by atoms with Crippen LogP contribution in [-0.4, -0.2) is 76.1 Å². The van der Waals surface area contributed by atoms with Crippen molar-refractivity contribution in [3.63, 3.8) is 0 Å². The van der Waals surface area contributed by atoms with Crippen LogP contribution in [0.1, 0.15) is 101 Å². The topological polar surface area (TPSA) is 114 Å². The van der Waals surface area contributed by atoms with E-state index in [-0.39, 0.29) is 23.7 Å². The second-order valence-corrected chi connectivity index (χ2v) is 19.1. The second kappa shape index (κ2) is 18.8. The van der Waals surface area contributed by atoms with Gasteiger partial charge < -0.3 is 24.0 Å². The van der Waals surface area contributed by atoms with Gasteiger partial charge in [0, 0.05) is 43.4 Å². The van der Waals surface area contributed by atoms with Gasteiger partial charge in [0.15, 0.2) is 0 Å². The Hall–Kier alpha value is -3.28. The van der Waals surface area contributed by atoms with E-state index in [1.165, 1.54) is 5.56 Å². The Morgan fingerprint density at radius 1 is 1.02 bits per heavy atom. The number of nitrogens with zero attached hydrogens (tertiary/aromatic N) is 2. The van der Waals surface area contributed by atoms with E-state index in [4.69, 9.17) is 25.8 Å². The Morgan fingerprint density at radius 2 is 1.82 bits per heavy atom. The first kappa shape index (κ1) is 41.4. The summed E-state index contributed by atoms with van der Waals surface area (Å²) < 4.78 is 48.1. The first-order valence-corrected chi connectivity index (χ1v) is 22.4. The lowest BCUT2D eigenvalue weighted by atomic mass is 9.70. The summed E-state index contributed by atoms with van der Waals surface area (Å²) in [4.78, 5) is 30.2. The summed E-state index contributed by atoms with van der Waals surface area (Å²) in [7, 11) is -3.95. The van der Waals surface area contributed by atoms with Crippen molar-refractivity contribution < 1.29 is 32.2 Å². The molecule has 12 heteroatoms. The highest BCUT2D eigenvalue weighted by molar-refractivity contribution is 7.90. The van der Waals surface area contributed by atoms with Crippen molar-refractivity contribution in [2.24, 2.45) is 29.6 Å². The van der Waals surface area contributed by atoms with Gasteiger partial charge in [-0.15, -0.1) is 0 Å². The molecule has 10 nitrogen and oxygen atoms in total. The molecule has 55 heavy (non-hydrogen) atoms. The second-order valence-electron chi connectivity index (χ2n) is 16.6. The third kappa shape index (κ3) is 10.8. The number of hydrogen-bond acceptors (Lipinski definition) is 8. The smallest absolute Gasteiger partial charge is 0.409 e. The number of benzene rings is 2. The molecule has 0 radical (unpaired) electrons. The van der Waals surface area contributed by atoms with E-state index < -0.39 is 21.2 Å². The summed E-state index contributed by atoms with van der Waals surface area (Å²) in [5, 5.41) is -0.0765. The summed E-state index contributed by atoms with van der Waals surface area (Å²) >= 11 is 6.39. The molecule has 4 aliphatic rings. The van der Waals surface area contributed by atoms with Gasteiger partial charge in [-0.25, -0.2) is 17.9 Å². The molecule has 0 spiro atoms. The van der Waals surface area contributed by atoms with Crippen molar-refractivity contribution in [1.29, 1.82) is 0 Å². The van der Waals surface area contributed by atoms with E-state index in [2.05, 4.69) is 21.8 Å². The number of carbonyl (C=O) groups is 2. The molecular formula is C43H60ClN3O7S. The lowest BCUT2D eigenvalue weighted by molar-refractivity contribution is -0.0204. The molecule has 2 aromatic rings. The molecule has 2 fully saturated rings. The monoisotopic (exact) mass is 797 g/mol. The number of sulfonamides is 1. The fourth-order valence-corrected chi connectivity index (χ4v) is 9.73. The van der Waals surface area contributed by atoms with Crippen molar-refractivity contribution in [3.8, 4) is 5.75 Å². The van der Waals surface area contributed by atoms with Gasteiger partial charge in [0.05, 0.1) is 23.6 Å². The van der Waals surface area contributed by atoms with Crippen molar-refractivity contribution >= 4 is 39.3 Å². The number of aryl methyl sites for hydroxylation is 1. The van der Waals surface area contributed by atoms with Gasteiger partial charge in [0.2, 0.25) is 10.0 Å². The average Bonchev–Trinajstić information content (AvgIpc) is 3.17. The predicted molar refractivity (Wildman–Crippen MR) is 217 cm³/mol. The molecule has 2 aromatic carbocycles. The highest BCUT2D eigenvalue weighted by Crippen LogP contribution is 2.42. The molecule has 302 valence electrons. The number of likely N-dealkylation sites (tertiary alicyclic amines) is 1. The normalized spacial score (nSPS) is 27.0. The number of hydrogen-bond donors (Lipinski definition) is 1. The predicted octanol–water partition coefficient (Wildman–Crippen LogP) is 8.41. The first-order valence-electron chi connectivity index (χ1n) is 20.4. The van der Waals surface area contributed by atoms with Gasteiger partial charge in [-0.3, -0.25) is 4.79 Å². The Balaban J connectivity index is 1.21. The van der Waals surface area contributed by atoms with Gasteiger partial charge in [0.1, 0.15) is 12.4 Å². The summed E-state index contributed by atoms with van der Waals surface area (Å²) in [5.74, 6) is 1.27. The molecule has 6 rings (SSSR count). The van der Waals surface area contributed by atoms with E-state index in [0.717, 1.165) is 75.7 Å². The van der Waals surface area contributed by atoms with Crippen LogP contribution in [0.5, 0.6) is 5.75 Å². The fraction of sp³-hybridized carbons (Fsp3) is 0.628. The van der Waals surface area contributed by atoms with Gasteiger partial charge in [0.25, 0.3) is 5.91 Å². The zero-order chi connectivity index (χ0) is 39.1. The summed E-state index contributed by atoms with van der Waals surface area (Å²) in [6, 6.07) is 11.2. The number of amides is 2. The molecule has 2 bridgehead atoms. The van der Waals surface area contributed by atoms with Crippen LogP contribution in [0.25, 0.3) is 0 Å². The number of allylic oxidation sites excluding steroid dienone is 1. The molecule has 2 amide bonds. The number of fused-ring (bicyclic) bond motifs is 3. The van der Waals surface area contributed by atoms with Gasteiger partial charge >= 0.3 is 6.09 Å². The molecule has 1 N–H and O–H groups in total. The highest BCUT2D eigenvalue weighted by atomic mass is 35.5. The number of carbonyl (C=O) groups excluding carboxylic acids is 2. The molecule has 5 atom stereocenters. The third-order valence-corrected chi connectivity index (χ3v) is 14.3. The van der Waals surface area contributed by atoms with Crippen molar-refractivity contribution in [2.75, 3.05) is 44.3 Å². The maximum absolute atomic E-state index is 13.6. The zero-order valence-corrected chi connectivity index (χ0v) is 34.6. The van der Waals surface area contributed by atoms with Gasteiger partial charge in [-0.05, 0) is 136 Å². The molecule has 1 saturated heterocycles. The number of nitrogens with one attached hydrogen (secondary N) is 1. The number of piperidine rings is 1. The van der Waals surface area contributed by atoms with Crippen molar-refractivity contribution in [3.05, 3.63) is 70.3 Å². The number of ether oxygens (including phenoxy) is 3. The molecule has 1 aliphatic carbocycles. The van der Waals surface area contributed by atoms with Gasteiger partial charge in [-0.1, -0.05) is 50.6 Å². The minimum atomic E-state index is -3.95. The molecular weight excluding hydrogens is 738 g/mol. The molecule has 3 aliphatic heterocycles. The van der Waals surface area contributed by atoms with E-state index in [9.17, 15) is 18.0 Å². The summed E-state index contributed by atoms with van der Waals surface area (Å²) in [6.45, 7) is 12.0. The van der Waals surface area contributed by atoms with Crippen molar-refractivity contribution in [2.45, 2.75) is 103 Å². The van der Waals surface area contributed by atoms with Crippen LogP contribution in [0, 0.1) is 29.6 Å². The molecule has 3 heterocycles. The van der Waals surface area contributed by atoms with E-state index in [1.54, 1.807) is 25.1 Å². The van der Waals surface area contributed by atoms with Crippen LogP contribution in [0.15, 0.2) is 48.6 Å². The molecule has 0 aromatic heterocycles. The Morgan fingerprint density at radius 3 is 2.56 bits per heavy atom. The SMILES string of the molecule is CC(C)COC(=O)N1CCC(CCO[C@H]2/C=C/C[C@H](C)[C@@H](C)S(=O)(=O)NC(=O)c3ccc4c(c3)N(CCCCc3cc(Cl)ccc3CO4)C[C@@H]3CC[C@H]32)CC1. The minimum absolute atomic E-state index is 0.0955. The highest BCUT2D eigenvalue weighted by Gasteiger charge is 2.39. The fourth-order valence-electron chi connectivity index (χ4n) is 8.25. The largest absolute Gasteiger partial charge is 0.487 e. The Labute approximate surface area is 333 Å².